The molecule has 2 atom stereocenters. The summed E-state index contributed by atoms with van der Waals surface area (Å²) in [7, 11) is 0. The van der Waals surface area contributed by atoms with Gasteiger partial charge in [-0.25, -0.2) is 5.26 Å². The number of hydrogen-bond donors (Lipinski definition) is 3. The first-order chi connectivity index (χ1) is 19.7. The Balaban J connectivity index is 1.39. The minimum absolute atomic E-state index is 0.0156. The molecule has 2 aromatic rings. The van der Waals surface area contributed by atoms with Crippen LogP contribution in [0.15, 0.2) is 41.3 Å². The predicted molar refractivity (Wildman–Crippen MR) is 154 cm³/mol. The molecule has 1 aliphatic carbocycles. The fraction of sp³-hybridized carbons (Fsp3) is 0.393. The lowest BCUT2D eigenvalue weighted by Gasteiger charge is -2.16. The molecule has 218 valence electrons. The van der Waals surface area contributed by atoms with Gasteiger partial charge in [0, 0.05) is 56.2 Å². The van der Waals surface area contributed by atoms with Gasteiger partial charge < -0.3 is 10.1 Å². The molecule has 2 aliphatic rings. The van der Waals surface area contributed by atoms with E-state index in [1.165, 1.54) is 23.6 Å². The molecule has 41 heavy (non-hydrogen) atoms. The molecule has 0 saturated carbocycles. The molecule has 2 aromatic carbocycles. The van der Waals surface area contributed by atoms with Gasteiger partial charge in [0.15, 0.2) is 0 Å². The molecule has 0 aromatic heterocycles. The summed E-state index contributed by atoms with van der Waals surface area (Å²) in [6, 6.07) is 11.1. The Morgan fingerprint density at radius 3 is 2.54 bits per heavy atom. The first-order valence-corrected chi connectivity index (χ1v) is 14.9. The van der Waals surface area contributed by atoms with E-state index in [1.54, 1.807) is 12.1 Å². The van der Waals surface area contributed by atoms with Crippen molar-refractivity contribution in [2.45, 2.75) is 55.6 Å². The lowest BCUT2D eigenvalue weighted by molar-refractivity contribution is -0.432. The molecule has 4 N–H and O–H groups in total. The van der Waals surface area contributed by atoms with Crippen molar-refractivity contribution < 1.29 is 44.0 Å². The number of carbonyl (C=O) groups is 4. The number of nitrogens with one attached hydrogen (secondary N) is 1. The van der Waals surface area contributed by atoms with Crippen LogP contribution in [0.25, 0.3) is 11.1 Å². The highest BCUT2D eigenvalue weighted by Crippen LogP contribution is 2.47. The van der Waals surface area contributed by atoms with Crippen molar-refractivity contribution in [1.82, 2.24) is 4.90 Å². The number of likely N-dealkylation sites (tertiary alicyclic amines) is 1. The van der Waals surface area contributed by atoms with E-state index in [-0.39, 0.29) is 49.6 Å². The number of nitrogens with zero attached hydrogens (tertiary/aromatic N) is 1. The van der Waals surface area contributed by atoms with Crippen molar-refractivity contribution in [3.63, 3.8) is 0 Å². The standard InChI is InChI=1S/C28H31N3O8S2/c1-16(29)4-3-11-40-25-14-27(34)31(28(25)35)10-9-26(33)30-18-5-7-20-21-8-6-19(41-39-38-36)13-23(21)24(22(20)12-18)15-37-17(2)32/h5-8,12-13,24-25,29,36H,3-4,9-11,14-15H2,1-2H3,(H,30,33)/p+1. The first kappa shape index (κ1) is 30.7. The largest absolute Gasteiger partial charge is 0.465 e. The number of rotatable bonds is 14. The monoisotopic (exact) mass is 602 g/mol. The second-order valence-corrected chi connectivity index (χ2v) is 11.9. The lowest BCUT2D eigenvalue weighted by atomic mass is 9.97. The van der Waals surface area contributed by atoms with Gasteiger partial charge >= 0.3 is 5.97 Å². The molecule has 1 saturated heterocycles. The molecule has 1 fully saturated rings. The molecule has 4 rings (SSSR count). The van der Waals surface area contributed by atoms with Crippen LogP contribution in [0.5, 0.6) is 0 Å². The predicted octanol–water partition coefficient (Wildman–Crippen LogP) is 2.98. The van der Waals surface area contributed by atoms with Crippen molar-refractivity contribution >= 4 is 58.9 Å². The smallest absolute Gasteiger partial charge is 0.302 e. The highest BCUT2D eigenvalue weighted by atomic mass is 32.2. The number of esters is 1. The van der Waals surface area contributed by atoms with Crippen LogP contribution in [-0.4, -0.2) is 63.7 Å². The molecule has 0 bridgehead atoms. The number of benzene rings is 2. The zero-order chi connectivity index (χ0) is 29.5. The molecule has 1 aliphatic heterocycles. The summed E-state index contributed by atoms with van der Waals surface area (Å²) < 4.78 is 9.89. The van der Waals surface area contributed by atoms with E-state index in [2.05, 4.69) is 14.7 Å². The van der Waals surface area contributed by atoms with Gasteiger partial charge in [0.25, 0.3) is 0 Å². The van der Waals surface area contributed by atoms with E-state index >= 15 is 0 Å². The van der Waals surface area contributed by atoms with Gasteiger partial charge in [-0.15, -0.1) is 16.1 Å². The normalized spacial score (nSPS) is 17.4. The van der Waals surface area contributed by atoms with Crippen molar-refractivity contribution in [3.8, 4) is 11.1 Å². The van der Waals surface area contributed by atoms with E-state index in [1.807, 2.05) is 31.2 Å². The summed E-state index contributed by atoms with van der Waals surface area (Å²) in [5, 5.41) is 20.3. The number of thioether (sulfide) groups is 1. The number of ether oxygens (including phenoxy) is 1. The second kappa shape index (κ2) is 14.1. The van der Waals surface area contributed by atoms with Crippen molar-refractivity contribution in [2.75, 3.05) is 24.2 Å². The summed E-state index contributed by atoms with van der Waals surface area (Å²) >= 11 is 2.29. The molecule has 1 heterocycles. The van der Waals surface area contributed by atoms with Crippen LogP contribution in [0.2, 0.25) is 0 Å². The highest BCUT2D eigenvalue weighted by molar-refractivity contribution is 8.00. The van der Waals surface area contributed by atoms with Crippen LogP contribution in [0.4, 0.5) is 5.69 Å². The van der Waals surface area contributed by atoms with E-state index in [4.69, 9.17) is 15.4 Å². The van der Waals surface area contributed by atoms with E-state index < -0.39 is 11.2 Å². The van der Waals surface area contributed by atoms with Gasteiger partial charge in [-0.1, -0.05) is 17.2 Å². The summed E-state index contributed by atoms with van der Waals surface area (Å²) in [6.45, 7) is 3.31. The van der Waals surface area contributed by atoms with Crippen LogP contribution >= 0.6 is 23.8 Å². The molecule has 0 radical (unpaired) electrons. The summed E-state index contributed by atoms with van der Waals surface area (Å²) in [6.07, 6.45) is 1.73. The first-order valence-electron chi connectivity index (χ1n) is 13.1. The number of nitrogens with two attached hydrogens (primary N) is 1. The number of carbonyl (C=O) groups excluding carboxylic acids is 4. The van der Waals surface area contributed by atoms with Crippen molar-refractivity contribution in [3.05, 3.63) is 47.5 Å². The quantitative estimate of drug-likeness (QED) is 0.0559. The molecule has 0 spiro atoms. The fourth-order valence-corrected chi connectivity index (χ4v) is 6.47. The fourth-order valence-electron chi connectivity index (χ4n) is 4.93. The van der Waals surface area contributed by atoms with Gasteiger partial charge in [-0.2, -0.15) is 0 Å². The third kappa shape index (κ3) is 7.74. The molecule has 2 unspecified atom stereocenters. The second-order valence-electron chi connectivity index (χ2n) is 9.83. The maximum absolute atomic E-state index is 12.8. The summed E-state index contributed by atoms with van der Waals surface area (Å²) in [4.78, 5) is 51.4. The number of anilines is 1. The van der Waals surface area contributed by atoms with E-state index in [0.29, 0.717) is 10.6 Å². The number of hydrogen-bond acceptors (Lipinski definition) is 10. The number of fused-ring (bicyclic) bond motifs is 3. The van der Waals surface area contributed by atoms with Crippen molar-refractivity contribution in [2.24, 2.45) is 0 Å². The van der Waals surface area contributed by atoms with Gasteiger partial charge in [-0.05, 0) is 58.7 Å². The van der Waals surface area contributed by atoms with Crippen LogP contribution in [0.1, 0.15) is 56.6 Å². The van der Waals surface area contributed by atoms with E-state index in [9.17, 15) is 19.2 Å². The van der Waals surface area contributed by atoms with Gasteiger partial charge in [0.1, 0.15) is 12.3 Å². The number of amides is 3. The maximum Gasteiger partial charge on any atom is 0.302 e. The topological polar surface area (TPSA) is 157 Å². The minimum Gasteiger partial charge on any atom is -0.465 e. The molecule has 13 heteroatoms. The van der Waals surface area contributed by atoms with Crippen LogP contribution in [0.3, 0.4) is 0 Å². The molecule has 11 nitrogen and oxygen atoms in total. The average Bonchev–Trinajstić information content (AvgIpc) is 3.38. The highest BCUT2D eigenvalue weighted by Gasteiger charge is 2.38. The van der Waals surface area contributed by atoms with Crippen molar-refractivity contribution in [1.29, 1.82) is 0 Å². The minimum atomic E-state index is -0.419. The van der Waals surface area contributed by atoms with Crippen LogP contribution < -0.4 is 10.7 Å². The van der Waals surface area contributed by atoms with Gasteiger partial charge in [0.2, 0.25) is 17.7 Å². The maximum atomic E-state index is 12.8. The Morgan fingerprint density at radius 1 is 1.10 bits per heavy atom. The zero-order valence-electron chi connectivity index (χ0n) is 22.7. The third-order valence-electron chi connectivity index (χ3n) is 6.81. The van der Waals surface area contributed by atoms with Gasteiger partial charge in [0.05, 0.1) is 17.3 Å². The SMILES string of the molecule is CC(=[NH2+])CCCSC1CC(=O)N(CCC(=O)Nc2ccc3c(c2)C(COC(C)=O)c2cc(SOOO)ccc2-3)C1=O. The van der Waals surface area contributed by atoms with Gasteiger partial charge in [-0.3, -0.25) is 29.5 Å². The zero-order valence-corrected chi connectivity index (χ0v) is 24.3. The number of imide groups is 1. The Kier molecular flexibility index (Phi) is 10.6. The van der Waals surface area contributed by atoms with E-state index in [0.717, 1.165) is 58.6 Å². The third-order valence-corrected chi connectivity index (χ3v) is 8.68. The lowest BCUT2D eigenvalue weighted by Crippen LogP contribution is -2.37. The molecular formula is C28H32N3O8S2+. The Labute approximate surface area is 245 Å². The summed E-state index contributed by atoms with van der Waals surface area (Å²) in [5.74, 6) is -0.821. The van der Waals surface area contributed by atoms with Crippen LogP contribution in [-0.2, 0) is 33.3 Å². The Morgan fingerprint density at radius 2 is 1.83 bits per heavy atom. The van der Waals surface area contributed by atoms with Crippen LogP contribution in [0, 0.1) is 0 Å². The average molecular weight is 603 g/mol. The summed E-state index contributed by atoms with van der Waals surface area (Å²) in [5.41, 5.74) is 5.02. The molecule has 3 amide bonds. The Bertz CT molecular complexity index is 1350. The Hall–Kier alpha value is -3.23. The molecular weight excluding hydrogens is 570 g/mol.